The molecule has 0 radical (unpaired) electrons. The van der Waals surface area contributed by atoms with Gasteiger partial charge in [0.25, 0.3) is 0 Å². The second-order valence-corrected chi connectivity index (χ2v) is 7.68. The molecule has 4 rings (SSSR count). The van der Waals surface area contributed by atoms with Crippen molar-refractivity contribution in [2.75, 3.05) is 0 Å². The fourth-order valence-electron chi connectivity index (χ4n) is 5.63. The molecule has 120 valence electrons. The van der Waals surface area contributed by atoms with Crippen molar-refractivity contribution in [2.24, 2.45) is 17.3 Å². The first-order chi connectivity index (χ1) is 10.4. The molecule has 0 aliphatic heterocycles. The van der Waals surface area contributed by atoms with Gasteiger partial charge in [-0.05, 0) is 78.9 Å². The lowest BCUT2D eigenvalue weighted by atomic mass is 9.55. The van der Waals surface area contributed by atoms with Crippen LogP contribution in [0.25, 0.3) is 0 Å². The number of aliphatic hydroxyl groups is 1. The molecule has 0 saturated heterocycles. The minimum Gasteiger partial charge on any atom is -0.504 e. The summed E-state index contributed by atoms with van der Waals surface area (Å²) in [6, 6.07) is 1.57. The zero-order chi connectivity index (χ0) is 15.6. The van der Waals surface area contributed by atoms with Crippen LogP contribution in [-0.4, -0.2) is 21.4 Å². The molecule has 22 heavy (non-hydrogen) atoms. The van der Waals surface area contributed by atoms with Crippen molar-refractivity contribution in [3.63, 3.8) is 0 Å². The molecule has 0 spiro atoms. The van der Waals surface area contributed by atoms with Gasteiger partial charge in [0.15, 0.2) is 17.3 Å². The number of rotatable bonds is 0. The van der Waals surface area contributed by atoms with Crippen molar-refractivity contribution in [1.82, 2.24) is 0 Å². The maximum atomic E-state index is 14.3. The van der Waals surface area contributed by atoms with E-state index in [1.165, 1.54) is 0 Å². The van der Waals surface area contributed by atoms with Gasteiger partial charge in [-0.25, -0.2) is 4.39 Å². The van der Waals surface area contributed by atoms with Crippen LogP contribution in [0.4, 0.5) is 4.39 Å². The monoisotopic (exact) mass is 306 g/mol. The van der Waals surface area contributed by atoms with E-state index in [9.17, 15) is 19.7 Å². The highest BCUT2D eigenvalue weighted by molar-refractivity contribution is 5.50. The maximum absolute atomic E-state index is 14.3. The zero-order valence-corrected chi connectivity index (χ0v) is 12.8. The van der Waals surface area contributed by atoms with E-state index in [2.05, 4.69) is 6.92 Å². The van der Waals surface area contributed by atoms with Crippen LogP contribution in [0.1, 0.15) is 56.1 Å². The maximum Gasteiger partial charge on any atom is 0.194 e. The van der Waals surface area contributed by atoms with E-state index in [0.717, 1.165) is 37.7 Å². The van der Waals surface area contributed by atoms with Gasteiger partial charge in [-0.3, -0.25) is 0 Å². The van der Waals surface area contributed by atoms with Crippen molar-refractivity contribution in [2.45, 2.75) is 57.5 Å². The first-order valence-corrected chi connectivity index (χ1v) is 8.34. The molecule has 5 unspecified atom stereocenters. The van der Waals surface area contributed by atoms with Gasteiger partial charge in [0.1, 0.15) is 0 Å². The van der Waals surface area contributed by atoms with Crippen molar-refractivity contribution < 1.29 is 19.7 Å². The van der Waals surface area contributed by atoms with Crippen LogP contribution in [0.2, 0.25) is 0 Å². The molecule has 0 heterocycles. The van der Waals surface area contributed by atoms with E-state index in [0.29, 0.717) is 23.8 Å². The number of aliphatic hydroxyl groups excluding tert-OH is 1. The Labute approximate surface area is 129 Å². The topological polar surface area (TPSA) is 60.7 Å². The molecule has 3 aliphatic carbocycles. The van der Waals surface area contributed by atoms with E-state index in [1.807, 2.05) is 0 Å². The predicted octanol–water partition coefficient (Wildman–Crippen LogP) is 3.45. The number of halogens is 1. The number of phenols is 2. The van der Waals surface area contributed by atoms with E-state index in [-0.39, 0.29) is 23.2 Å². The minimum atomic E-state index is -0.645. The summed E-state index contributed by atoms with van der Waals surface area (Å²) in [5, 5.41) is 29.8. The molecule has 1 aromatic rings. The third-order valence-corrected chi connectivity index (χ3v) is 6.87. The Morgan fingerprint density at radius 1 is 1.18 bits per heavy atom. The molecule has 0 aromatic heterocycles. The fourth-order valence-corrected chi connectivity index (χ4v) is 5.63. The summed E-state index contributed by atoms with van der Waals surface area (Å²) in [6.45, 7) is 2.20. The number of fused-ring (bicyclic) bond motifs is 5. The molecule has 0 bridgehead atoms. The number of phenolic OH excluding ortho intramolecular Hbond substituents is 2. The molecule has 0 amide bonds. The van der Waals surface area contributed by atoms with Crippen LogP contribution < -0.4 is 0 Å². The van der Waals surface area contributed by atoms with Gasteiger partial charge in [-0.15, -0.1) is 0 Å². The van der Waals surface area contributed by atoms with Crippen molar-refractivity contribution in [3.05, 3.63) is 23.0 Å². The molecule has 4 heteroatoms. The highest BCUT2D eigenvalue weighted by Gasteiger charge is 2.54. The third kappa shape index (κ3) is 1.70. The molecule has 2 fully saturated rings. The summed E-state index contributed by atoms with van der Waals surface area (Å²) in [5.41, 5.74) is 1.46. The first-order valence-electron chi connectivity index (χ1n) is 8.34. The third-order valence-electron chi connectivity index (χ3n) is 6.87. The smallest absolute Gasteiger partial charge is 0.194 e. The Morgan fingerprint density at radius 3 is 2.73 bits per heavy atom. The van der Waals surface area contributed by atoms with Crippen LogP contribution in [0, 0.1) is 23.1 Å². The Kier molecular flexibility index (Phi) is 3.00. The second-order valence-electron chi connectivity index (χ2n) is 7.68. The van der Waals surface area contributed by atoms with Gasteiger partial charge < -0.3 is 15.3 Å². The van der Waals surface area contributed by atoms with Crippen LogP contribution in [0.3, 0.4) is 0 Å². The number of benzene rings is 1. The molecule has 1 aromatic carbocycles. The largest absolute Gasteiger partial charge is 0.504 e. The molecule has 2 saturated carbocycles. The van der Waals surface area contributed by atoms with Crippen molar-refractivity contribution in [3.8, 4) is 11.5 Å². The first kappa shape index (κ1) is 14.3. The van der Waals surface area contributed by atoms with Gasteiger partial charge in [0, 0.05) is 0 Å². The lowest BCUT2D eigenvalue weighted by Gasteiger charge is -2.50. The lowest BCUT2D eigenvalue weighted by Crippen LogP contribution is -2.44. The normalized spacial score (nSPS) is 40.0. The van der Waals surface area contributed by atoms with Crippen LogP contribution >= 0.6 is 0 Å². The lowest BCUT2D eigenvalue weighted by molar-refractivity contribution is -0.0228. The highest BCUT2D eigenvalue weighted by Crippen LogP contribution is 2.61. The number of hydrogen-bond acceptors (Lipinski definition) is 3. The van der Waals surface area contributed by atoms with Crippen LogP contribution in [0.5, 0.6) is 11.5 Å². The molecule has 3 aliphatic rings. The molecular weight excluding hydrogens is 283 g/mol. The van der Waals surface area contributed by atoms with Crippen molar-refractivity contribution >= 4 is 0 Å². The SMILES string of the molecule is CC12CCC3c4cc(O)c(O)c(F)c4CCC3C1CCC2O. The fraction of sp³-hybridized carbons (Fsp3) is 0.667. The van der Waals surface area contributed by atoms with E-state index < -0.39 is 11.6 Å². The summed E-state index contributed by atoms with van der Waals surface area (Å²) in [4.78, 5) is 0. The summed E-state index contributed by atoms with van der Waals surface area (Å²) in [6.07, 6.45) is 5.08. The van der Waals surface area contributed by atoms with E-state index >= 15 is 0 Å². The highest BCUT2D eigenvalue weighted by atomic mass is 19.1. The van der Waals surface area contributed by atoms with E-state index in [1.54, 1.807) is 6.07 Å². The standard InChI is InChI=1S/C18H23FO3/c1-18-7-6-9-10(13(18)4-5-15(18)21)2-3-11-12(9)8-14(20)17(22)16(11)19/h8-10,13,15,20-22H,2-7H2,1H3. The average molecular weight is 306 g/mol. The molecule has 5 atom stereocenters. The van der Waals surface area contributed by atoms with Gasteiger partial charge in [0.2, 0.25) is 0 Å². The zero-order valence-electron chi connectivity index (χ0n) is 12.8. The van der Waals surface area contributed by atoms with Gasteiger partial charge in [-0.1, -0.05) is 6.92 Å². The van der Waals surface area contributed by atoms with Crippen LogP contribution in [-0.2, 0) is 6.42 Å². The minimum absolute atomic E-state index is 0.00379. The average Bonchev–Trinajstić information content (AvgIpc) is 2.80. The summed E-state index contributed by atoms with van der Waals surface area (Å²) < 4.78 is 14.3. The van der Waals surface area contributed by atoms with Crippen LogP contribution in [0.15, 0.2) is 6.07 Å². The van der Waals surface area contributed by atoms with Gasteiger partial charge >= 0.3 is 0 Å². The quantitative estimate of drug-likeness (QED) is 0.643. The van der Waals surface area contributed by atoms with E-state index in [4.69, 9.17) is 0 Å². The molecular formula is C18H23FO3. The number of hydrogen-bond donors (Lipinski definition) is 3. The van der Waals surface area contributed by atoms with Crippen molar-refractivity contribution in [1.29, 1.82) is 0 Å². The van der Waals surface area contributed by atoms with Gasteiger partial charge in [-0.2, -0.15) is 0 Å². The van der Waals surface area contributed by atoms with Gasteiger partial charge in [0.05, 0.1) is 6.10 Å². The number of aromatic hydroxyl groups is 2. The Morgan fingerprint density at radius 2 is 1.95 bits per heavy atom. The summed E-state index contributed by atoms with van der Waals surface area (Å²) >= 11 is 0. The second kappa shape index (κ2) is 4.60. The Hall–Kier alpha value is -1.29. The molecule has 3 N–H and O–H groups in total. The summed E-state index contributed by atoms with van der Waals surface area (Å²) in [5.74, 6) is -0.438. The summed E-state index contributed by atoms with van der Waals surface area (Å²) in [7, 11) is 0. The Bertz CT molecular complexity index is 629. The molecule has 3 nitrogen and oxygen atoms in total. The predicted molar refractivity (Wildman–Crippen MR) is 80.4 cm³/mol. The Balaban J connectivity index is 1.76.